The van der Waals surface area contributed by atoms with E-state index in [1.807, 2.05) is 12.1 Å². The normalized spacial score (nSPS) is 10.9. The van der Waals surface area contributed by atoms with Crippen LogP contribution >= 0.6 is 0 Å². The van der Waals surface area contributed by atoms with Gasteiger partial charge in [-0.15, -0.1) is 0 Å². The van der Waals surface area contributed by atoms with E-state index in [2.05, 4.69) is 10.5 Å². The third kappa shape index (κ3) is 3.37. The second-order valence-corrected chi connectivity index (χ2v) is 5.30. The Hall–Kier alpha value is -3.54. The fraction of sp³-hybridized carbons (Fsp3) is 0.0526. The minimum absolute atomic E-state index is 0.0154. The minimum Gasteiger partial charge on any atom is -0.507 e. The molecule has 0 saturated heterocycles. The van der Waals surface area contributed by atoms with Crippen LogP contribution < -0.4 is 10.2 Å². The molecule has 0 unspecified atom stereocenters. The van der Waals surface area contributed by atoms with Gasteiger partial charge in [-0.2, -0.15) is 5.10 Å². The molecule has 6 heteroatoms. The van der Waals surface area contributed by atoms with E-state index in [4.69, 9.17) is 4.74 Å². The van der Waals surface area contributed by atoms with Gasteiger partial charge in [0.1, 0.15) is 17.2 Å². The molecule has 6 nitrogen and oxygen atoms in total. The monoisotopic (exact) mass is 336 g/mol. The Morgan fingerprint density at radius 1 is 1.08 bits per heavy atom. The molecular weight excluding hydrogens is 320 g/mol. The predicted molar refractivity (Wildman–Crippen MR) is 95.3 cm³/mol. The van der Waals surface area contributed by atoms with Crippen molar-refractivity contribution in [3.63, 3.8) is 0 Å². The van der Waals surface area contributed by atoms with E-state index in [0.29, 0.717) is 22.3 Å². The number of phenols is 2. The lowest BCUT2D eigenvalue weighted by Crippen LogP contribution is -2.18. The van der Waals surface area contributed by atoms with Crippen molar-refractivity contribution in [2.75, 3.05) is 7.11 Å². The summed E-state index contributed by atoms with van der Waals surface area (Å²) in [5.74, 6) is 0.134. The molecule has 126 valence electrons. The highest BCUT2D eigenvalue weighted by Crippen LogP contribution is 2.27. The summed E-state index contributed by atoms with van der Waals surface area (Å²) in [5.41, 5.74) is 3.11. The van der Waals surface area contributed by atoms with Crippen LogP contribution in [-0.4, -0.2) is 29.4 Å². The maximum absolute atomic E-state index is 12.4. The van der Waals surface area contributed by atoms with E-state index in [-0.39, 0.29) is 11.5 Å². The van der Waals surface area contributed by atoms with Crippen molar-refractivity contribution in [1.82, 2.24) is 5.43 Å². The summed E-state index contributed by atoms with van der Waals surface area (Å²) in [6, 6.07) is 14.9. The van der Waals surface area contributed by atoms with Crippen LogP contribution in [0.15, 0.2) is 59.7 Å². The van der Waals surface area contributed by atoms with Crippen LogP contribution in [0.3, 0.4) is 0 Å². The summed E-state index contributed by atoms with van der Waals surface area (Å²) in [6.45, 7) is 0. The Bertz CT molecular complexity index is 962. The van der Waals surface area contributed by atoms with E-state index in [9.17, 15) is 15.0 Å². The number of hydrogen-bond donors (Lipinski definition) is 3. The van der Waals surface area contributed by atoms with Crippen LogP contribution in [0, 0.1) is 0 Å². The number of amides is 1. The maximum atomic E-state index is 12.4. The number of rotatable bonds is 4. The number of nitrogens with zero attached hydrogens (tertiary/aromatic N) is 1. The predicted octanol–water partition coefficient (Wildman–Crippen LogP) is 3.02. The quantitative estimate of drug-likeness (QED) is 0.504. The fourth-order valence-electron chi connectivity index (χ4n) is 2.49. The van der Waals surface area contributed by atoms with Crippen molar-refractivity contribution in [1.29, 1.82) is 0 Å². The third-order valence-electron chi connectivity index (χ3n) is 3.73. The van der Waals surface area contributed by atoms with E-state index in [1.165, 1.54) is 25.5 Å². The Balaban J connectivity index is 1.84. The van der Waals surface area contributed by atoms with Gasteiger partial charge in [-0.1, -0.05) is 24.3 Å². The van der Waals surface area contributed by atoms with Crippen LogP contribution in [0.4, 0.5) is 0 Å². The summed E-state index contributed by atoms with van der Waals surface area (Å²) in [4.78, 5) is 12.4. The van der Waals surface area contributed by atoms with Crippen LogP contribution in [0.25, 0.3) is 10.8 Å². The summed E-state index contributed by atoms with van der Waals surface area (Å²) in [5, 5.41) is 24.9. The zero-order valence-electron chi connectivity index (χ0n) is 13.4. The number of methoxy groups -OCH3 is 1. The Morgan fingerprint density at radius 3 is 2.60 bits per heavy atom. The molecule has 3 N–H and O–H groups in total. The minimum atomic E-state index is -0.467. The fourth-order valence-corrected chi connectivity index (χ4v) is 2.49. The highest BCUT2D eigenvalue weighted by Gasteiger charge is 2.12. The van der Waals surface area contributed by atoms with Crippen molar-refractivity contribution >= 4 is 22.9 Å². The number of phenolic OH excluding ortho intramolecular Hbond substituents is 2. The van der Waals surface area contributed by atoms with Gasteiger partial charge in [0.05, 0.1) is 18.9 Å². The topological polar surface area (TPSA) is 91.2 Å². The van der Waals surface area contributed by atoms with E-state index < -0.39 is 5.91 Å². The summed E-state index contributed by atoms with van der Waals surface area (Å²) in [7, 11) is 1.52. The van der Waals surface area contributed by atoms with Gasteiger partial charge in [0.15, 0.2) is 0 Å². The first kappa shape index (κ1) is 16.3. The second-order valence-electron chi connectivity index (χ2n) is 5.30. The van der Waals surface area contributed by atoms with Crippen molar-refractivity contribution < 1.29 is 19.7 Å². The summed E-state index contributed by atoms with van der Waals surface area (Å²) >= 11 is 0. The van der Waals surface area contributed by atoms with Crippen molar-refractivity contribution in [2.24, 2.45) is 5.10 Å². The first-order valence-electron chi connectivity index (χ1n) is 7.51. The number of aromatic hydroxyl groups is 2. The molecule has 0 aliphatic carbocycles. The van der Waals surface area contributed by atoms with Gasteiger partial charge in [-0.05, 0) is 35.7 Å². The van der Waals surface area contributed by atoms with Crippen molar-refractivity contribution in [3.8, 4) is 17.2 Å². The standard InChI is InChI=1S/C19H16N2O4/c1-25-14-8-9-16(22)13(10-14)11-20-21-19(24)15-6-2-4-12-5-3-7-17(23)18(12)15/h2-11,22-23H,1H3,(H,21,24)/b20-11-. The molecule has 3 aromatic rings. The Labute approximate surface area is 144 Å². The Morgan fingerprint density at radius 2 is 1.84 bits per heavy atom. The Kier molecular flexibility index (Phi) is 4.52. The SMILES string of the molecule is COc1ccc(O)c(/C=N\NC(=O)c2cccc3cccc(O)c23)c1. The zero-order valence-corrected chi connectivity index (χ0v) is 13.4. The van der Waals surface area contributed by atoms with Crippen LogP contribution in [0.5, 0.6) is 17.2 Å². The van der Waals surface area contributed by atoms with Crippen molar-refractivity contribution in [2.45, 2.75) is 0 Å². The number of fused-ring (bicyclic) bond motifs is 1. The number of nitrogens with one attached hydrogen (secondary N) is 1. The summed E-state index contributed by atoms with van der Waals surface area (Å²) < 4.78 is 5.08. The average Bonchev–Trinajstić information content (AvgIpc) is 2.63. The molecule has 25 heavy (non-hydrogen) atoms. The van der Waals surface area contributed by atoms with E-state index >= 15 is 0 Å². The lowest BCUT2D eigenvalue weighted by molar-refractivity contribution is 0.0956. The lowest BCUT2D eigenvalue weighted by Gasteiger charge is -2.07. The van der Waals surface area contributed by atoms with Gasteiger partial charge in [-0.25, -0.2) is 5.43 Å². The highest BCUT2D eigenvalue weighted by molar-refractivity contribution is 6.09. The van der Waals surface area contributed by atoms with Crippen LogP contribution in [0.1, 0.15) is 15.9 Å². The third-order valence-corrected chi connectivity index (χ3v) is 3.73. The van der Waals surface area contributed by atoms with Gasteiger partial charge in [-0.3, -0.25) is 4.79 Å². The number of hydrogen-bond acceptors (Lipinski definition) is 5. The molecule has 3 aromatic carbocycles. The highest BCUT2D eigenvalue weighted by atomic mass is 16.5. The van der Waals surface area contributed by atoms with E-state index in [0.717, 1.165) is 5.39 Å². The number of ether oxygens (including phenoxy) is 1. The van der Waals surface area contributed by atoms with Gasteiger partial charge in [0.25, 0.3) is 5.91 Å². The van der Waals surface area contributed by atoms with Crippen molar-refractivity contribution in [3.05, 3.63) is 65.7 Å². The largest absolute Gasteiger partial charge is 0.507 e. The van der Waals surface area contributed by atoms with Crippen LogP contribution in [-0.2, 0) is 0 Å². The average molecular weight is 336 g/mol. The molecule has 0 atom stereocenters. The molecule has 0 bridgehead atoms. The van der Waals surface area contributed by atoms with Gasteiger partial charge in [0, 0.05) is 10.9 Å². The summed E-state index contributed by atoms with van der Waals surface area (Å²) in [6.07, 6.45) is 1.32. The van der Waals surface area contributed by atoms with Gasteiger partial charge < -0.3 is 14.9 Å². The molecule has 0 fully saturated rings. The number of benzene rings is 3. The number of hydrazone groups is 1. The molecular formula is C19H16N2O4. The molecule has 0 radical (unpaired) electrons. The molecule has 0 heterocycles. The molecule has 3 rings (SSSR count). The van der Waals surface area contributed by atoms with E-state index in [1.54, 1.807) is 30.3 Å². The molecule has 0 saturated carbocycles. The molecule has 0 aliphatic rings. The molecule has 0 aromatic heterocycles. The second kappa shape index (κ2) is 6.92. The first-order valence-corrected chi connectivity index (χ1v) is 7.51. The zero-order chi connectivity index (χ0) is 17.8. The number of carbonyl (C=O) groups is 1. The van der Waals surface area contributed by atoms with Gasteiger partial charge in [0.2, 0.25) is 0 Å². The number of carbonyl (C=O) groups excluding carboxylic acids is 1. The first-order chi connectivity index (χ1) is 12.1. The molecule has 0 aliphatic heterocycles. The smallest absolute Gasteiger partial charge is 0.272 e. The maximum Gasteiger partial charge on any atom is 0.272 e. The van der Waals surface area contributed by atoms with Gasteiger partial charge >= 0.3 is 0 Å². The molecule has 1 amide bonds. The van der Waals surface area contributed by atoms with Crippen LogP contribution in [0.2, 0.25) is 0 Å². The molecule has 0 spiro atoms. The lowest BCUT2D eigenvalue weighted by atomic mass is 10.0.